The number of carbonyl (C=O) groups is 4. The van der Waals surface area contributed by atoms with Gasteiger partial charge in [-0.25, -0.2) is 24.1 Å². The number of hydrogen-bond acceptors (Lipinski definition) is 12. The molecule has 9 rings (SSSR count). The molecule has 3 aliphatic rings. The lowest BCUT2D eigenvalue weighted by Gasteiger charge is -2.29. The number of fused-ring (bicyclic) bond motifs is 5. The molecule has 2 aliphatic carbocycles. The van der Waals surface area contributed by atoms with Gasteiger partial charge in [-0.05, 0) is 80.8 Å². The molecular formula is C53H71FN10O7S. The number of imidazole rings is 2. The second-order valence-corrected chi connectivity index (χ2v) is 20.5. The van der Waals surface area contributed by atoms with E-state index in [2.05, 4.69) is 111 Å². The zero-order valence-corrected chi connectivity index (χ0v) is 44.0. The highest BCUT2D eigenvalue weighted by Gasteiger charge is 2.45. The van der Waals surface area contributed by atoms with Crippen LogP contribution in [0.3, 0.4) is 0 Å². The number of halogens is 1. The van der Waals surface area contributed by atoms with Gasteiger partial charge in [0.05, 0.1) is 64.7 Å². The van der Waals surface area contributed by atoms with Crippen LogP contribution in [0.15, 0.2) is 55.0 Å². The largest absolute Gasteiger partial charge is 0.471 e. The number of benzene rings is 2. The molecule has 2 aromatic carbocycles. The molecule has 5 heterocycles. The van der Waals surface area contributed by atoms with Crippen LogP contribution in [0.1, 0.15) is 114 Å². The Hall–Kier alpha value is -6.60. The highest BCUT2D eigenvalue weighted by molar-refractivity contribution is 7.11. The second kappa shape index (κ2) is 25.2. The van der Waals surface area contributed by atoms with E-state index in [1.54, 1.807) is 29.5 Å². The summed E-state index contributed by atoms with van der Waals surface area (Å²) in [5.41, 5.74) is 5.73. The first-order chi connectivity index (χ1) is 34.6. The molecule has 3 amide bonds. The fraction of sp³-hybridized carbons (Fsp3) is 0.491. The number of aryl methyl sites for hydroxylation is 1. The SMILES string of the molecule is CC1(C)CC1NC=O.CCC.CNC(Cc1ncc(-c2ccc3c(c2)cc2n3C(c3cnc(C4CC4)s3)Oc3cc(-c4cnc(CCCCN(C)C(=O)CNC(=O)OC)[nH]4)cc(F)c3-2)[nH]1)C(C)C.COC=O. The van der Waals surface area contributed by atoms with Gasteiger partial charge >= 0.3 is 6.09 Å². The van der Waals surface area contributed by atoms with Crippen LogP contribution in [0.2, 0.25) is 0 Å². The van der Waals surface area contributed by atoms with Gasteiger partial charge in [0.2, 0.25) is 18.5 Å². The monoisotopic (exact) mass is 1010 g/mol. The summed E-state index contributed by atoms with van der Waals surface area (Å²) in [7, 11) is 6.25. The van der Waals surface area contributed by atoms with Crippen molar-refractivity contribution < 1.29 is 37.8 Å². The Bertz CT molecular complexity index is 2760. The Balaban J connectivity index is 0.000000491. The van der Waals surface area contributed by atoms with Crippen molar-refractivity contribution in [1.29, 1.82) is 0 Å². The lowest BCUT2D eigenvalue weighted by molar-refractivity contribution is -0.129. The third-order valence-electron chi connectivity index (χ3n) is 12.8. The summed E-state index contributed by atoms with van der Waals surface area (Å²) >= 11 is 1.67. The molecular weight excluding hydrogens is 940 g/mol. The van der Waals surface area contributed by atoms with E-state index in [-0.39, 0.29) is 18.3 Å². The van der Waals surface area contributed by atoms with Crippen LogP contribution in [0.4, 0.5) is 9.18 Å². The average Bonchev–Trinajstić information content (AvgIpc) is 3.89. The summed E-state index contributed by atoms with van der Waals surface area (Å²) in [4.78, 5) is 65.8. The lowest BCUT2D eigenvalue weighted by Crippen LogP contribution is -2.38. The molecule has 0 radical (unpaired) electrons. The van der Waals surface area contributed by atoms with Crippen molar-refractivity contribution in [3.8, 4) is 39.5 Å². The first kappa shape index (κ1) is 54.7. The van der Waals surface area contributed by atoms with Crippen molar-refractivity contribution in [1.82, 2.24) is 50.3 Å². The Morgan fingerprint density at radius 3 is 2.29 bits per heavy atom. The quantitative estimate of drug-likeness (QED) is 0.0405. The molecule has 72 heavy (non-hydrogen) atoms. The number of unbranched alkanes of at least 4 members (excludes halogenated alkanes) is 1. The molecule has 0 spiro atoms. The molecule has 2 saturated carbocycles. The topological polar surface area (TPSA) is 210 Å². The number of ether oxygens (including phenoxy) is 3. The maximum atomic E-state index is 16.5. The molecule has 0 saturated heterocycles. The molecule has 2 fully saturated rings. The predicted molar refractivity (Wildman–Crippen MR) is 278 cm³/mol. The fourth-order valence-electron chi connectivity index (χ4n) is 8.30. The molecule has 3 atom stereocenters. The number of alkyl carbamates (subject to hydrolysis) is 1. The van der Waals surface area contributed by atoms with Gasteiger partial charge in [-0.1, -0.05) is 54.0 Å². The van der Waals surface area contributed by atoms with Crippen molar-refractivity contribution in [2.45, 2.75) is 117 Å². The van der Waals surface area contributed by atoms with E-state index < -0.39 is 12.3 Å². The molecule has 5 N–H and O–H groups in total. The number of amides is 3. The minimum Gasteiger partial charge on any atom is -0.471 e. The van der Waals surface area contributed by atoms with Crippen molar-refractivity contribution in [3.05, 3.63) is 82.3 Å². The summed E-state index contributed by atoms with van der Waals surface area (Å²) in [6, 6.07) is 12.5. The Morgan fingerprint density at radius 1 is 1.00 bits per heavy atom. The number of nitrogens with one attached hydrogen (secondary N) is 5. The number of likely N-dealkylation sites (N-methyl/N-ethyl adjacent to an activating group) is 2. The van der Waals surface area contributed by atoms with Crippen molar-refractivity contribution >= 4 is 47.1 Å². The van der Waals surface area contributed by atoms with Crippen LogP contribution in [-0.4, -0.2) is 113 Å². The number of hydrogen-bond donors (Lipinski definition) is 5. The number of H-pyrrole nitrogens is 2. The van der Waals surface area contributed by atoms with Gasteiger partial charge in [-0.15, -0.1) is 11.3 Å². The summed E-state index contributed by atoms with van der Waals surface area (Å²) in [6.45, 7) is 13.7. The Kier molecular flexibility index (Phi) is 19.1. The number of aromatic amines is 2. The Morgan fingerprint density at radius 2 is 1.68 bits per heavy atom. The zero-order chi connectivity index (χ0) is 52.1. The Labute approximate surface area is 425 Å². The van der Waals surface area contributed by atoms with Crippen LogP contribution in [0.25, 0.3) is 44.7 Å². The normalized spacial score (nSPS) is 16.2. The van der Waals surface area contributed by atoms with Crippen molar-refractivity contribution in [2.75, 3.05) is 41.4 Å². The third kappa shape index (κ3) is 13.9. The molecule has 0 bridgehead atoms. The molecule has 17 nitrogen and oxygen atoms in total. The maximum absolute atomic E-state index is 16.5. The van der Waals surface area contributed by atoms with Gasteiger partial charge in [0, 0.05) is 67.1 Å². The minimum absolute atomic E-state index is 0.120. The summed E-state index contributed by atoms with van der Waals surface area (Å²) in [5.74, 6) is 2.54. The molecule has 1 aliphatic heterocycles. The highest BCUT2D eigenvalue weighted by atomic mass is 32.1. The second-order valence-electron chi connectivity index (χ2n) is 19.4. The van der Waals surface area contributed by atoms with Crippen molar-refractivity contribution in [2.24, 2.45) is 11.3 Å². The number of aromatic nitrogens is 6. The molecule has 19 heteroatoms. The van der Waals surface area contributed by atoms with Crippen LogP contribution in [0.5, 0.6) is 5.75 Å². The third-order valence-corrected chi connectivity index (χ3v) is 14.0. The first-order valence-corrected chi connectivity index (χ1v) is 25.5. The first-order valence-electron chi connectivity index (χ1n) is 24.7. The van der Waals surface area contributed by atoms with Crippen molar-refractivity contribution in [3.63, 3.8) is 0 Å². The van der Waals surface area contributed by atoms with E-state index in [9.17, 15) is 14.4 Å². The highest BCUT2D eigenvalue weighted by Crippen LogP contribution is 2.49. The molecule has 6 aromatic rings. The number of methoxy groups -OCH3 is 2. The predicted octanol–water partition coefficient (Wildman–Crippen LogP) is 9.16. The summed E-state index contributed by atoms with van der Waals surface area (Å²) in [6.07, 6.45) is 12.8. The smallest absolute Gasteiger partial charge is 0.407 e. The fourth-order valence-corrected chi connectivity index (χ4v) is 9.41. The van der Waals surface area contributed by atoms with E-state index >= 15 is 4.39 Å². The van der Waals surface area contributed by atoms with E-state index in [4.69, 9.17) is 19.5 Å². The van der Waals surface area contributed by atoms with E-state index in [1.807, 2.05) is 25.5 Å². The van der Waals surface area contributed by atoms with Gasteiger partial charge in [-0.3, -0.25) is 19.0 Å². The van der Waals surface area contributed by atoms with E-state index in [0.717, 1.165) is 94.3 Å². The molecule has 4 aromatic heterocycles. The lowest BCUT2D eigenvalue weighted by atomic mass is 10.0. The van der Waals surface area contributed by atoms with Gasteiger partial charge in [-0.2, -0.15) is 0 Å². The van der Waals surface area contributed by atoms with E-state index in [1.165, 1.54) is 26.7 Å². The van der Waals surface area contributed by atoms with Crippen LogP contribution in [0, 0.1) is 17.2 Å². The van der Waals surface area contributed by atoms with Gasteiger partial charge in [0.1, 0.15) is 29.8 Å². The van der Waals surface area contributed by atoms with E-state index in [0.29, 0.717) is 71.3 Å². The zero-order valence-electron chi connectivity index (χ0n) is 43.2. The average molecular weight is 1010 g/mol. The number of thiazole rings is 1. The summed E-state index contributed by atoms with van der Waals surface area (Å²) in [5, 5.41) is 10.6. The summed E-state index contributed by atoms with van der Waals surface area (Å²) < 4.78 is 33.8. The van der Waals surface area contributed by atoms with Crippen LogP contribution >= 0.6 is 11.3 Å². The number of nitrogens with zero attached hydrogens (tertiary/aromatic N) is 5. The van der Waals surface area contributed by atoms with Gasteiger partial charge in [0.15, 0.2) is 0 Å². The van der Waals surface area contributed by atoms with Gasteiger partial charge in [0.25, 0.3) is 6.47 Å². The van der Waals surface area contributed by atoms with Gasteiger partial charge < -0.3 is 45.0 Å². The number of carbonyl (C=O) groups excluding carboxylic acids is 4. The van der Waals surface area contributed by atoms with Crippen LogP contribution < -0.4 is 20.7 Å². The minimum atomic E-state index is -0.643. The standard InChI is InChI=1S/C42H48FN9O4S.C6H11NO.C3H8.C2H4O2/c1-23(2)29(44-3)18-37-46-19-30(50-37)25-11-12-32-27(14-25)16-33-39-28(43)15-26(17-34(39)56-41(52(32)33)35-21-47-40(57-35)24-9-10-24)31-20-45-36(49-31)8-6-7-13-51(4)38(53)22-48-42(54)55-5;1-6(2)3-5(6)7-4-8;1-3-2;1-4-2-3/h11-12,14-17,19-21,23-24,29,41,44H,6-10,13,18,22H2,1-5H3,(H,45,49)(H,46,50)(H,48,54);4-5H,3H2,1-2H3,(H,7,8);3H2,1-2H3;2H,1H3. The number of rotatable bonds is 18. The molecule has 388 valence electrons. The van der Waals surface area contributed by atoms with Crippen LogP contribution in [-0.2, 0) is 36.7 Å². The molecule has 3 unspecified atom stereocenters. The maximum Gasteiger partial charge on any atom is 0.407 e.